The molecule has 0 aromatic heterocycles. The van der Waals surface area contributed by atoms with E-state index >= 15 is 0 Å². The summed E-state index contributed by atoms with van der Waals surface area (Å²) in [6, 6.07) is 0. The molecular formula is C14H32N2. The average molecular weight is 228 g/mol. The standard InChI is InChI=1S/C14H32N2/c1-5-9-10-14(8-4,13-15)16(11-6-2)12-7-3/h5-13,15H2,1-4H3. The van der Waals surface area contributed by atoms with Crippen LogP contribution in [0.25, 0.3) is 0 Å². The summed E-state index contributed by atoms with van der Waals surface area (Å²) in [7, 11) is 0. The minimum Gasteiger partial charge on any atom is -0.329 e. The zero-order valence-electron chi connectivity index (χ0n) is 11.9. The molecule has 0 fully saturated rings. The van der Waals surface area contributed by atoms with E-state index in [1.807, 2.05) is 0 Å². The van der Waals surface area contributed by atoms with Crippen LogP contribution in [0.4, 0.5) is 0 Å². The molecule has 2 heteroatoms. The molecule has 2 N–H and O–H groups in total. The molecule has 0 aliphatic carbocycles. The lowest BCUT2D eigenvalue weighted by Gasteiger charge is -2.43. The highest BCUT2D eigenvalue weighted by molar-refractivity contribution is 4.90. The van der Waals surface area contributed by atoms with Crippen LogP contribution < -0.4 is 5.73 Å². The molecule has 0 aromatic carbocycles. The molecule has 0 aromatic rings. The van der Waals surface area contributed by atoms with Gasteiger partial charge < -0.3 is 5.73 Å². The summed E-state index contributed by atoms with van der Waals surface area (Å²) >= 11 is 0. The highest BCUT2D eigenvalue weighted by Gasteiger charge is 2.31. The molecular weight excluding hydrogens is 196 g/mol. The van der Waals surface area contributed by atoms with Gasteiger partial charge in [-0.2, -0.15) is 0 Å². The molecule has 0 heterocycles. The molecule has 1 unspecified atom stereocenters. The first kappa shape index (κ1) is 15.9. The number of hydrogen-bond donors (Lipinski definition) is 1. The lowest BCUT2D eigenvalue weighted by molar-refractivity contribution is 0.0778. The van der Waals surface area contributed by atoms with E-state index in [1.165, 1.54) is 51.6 Å². The third kappa shape index (κ3) is 4.42. The van der Waals surface area contributed by atoms with Crippen LogP contribution in [-0.4, -0.2) is 30.1 Å². The zero-order valence-corrected chi connectivity index (χ0v) is 11.9. The number of nitrogens with two attached hydrogens (primary N) is 1. The van der Waals surface area contributed by atoms with Gasteiger partial charge in [-0.15, -0.1) is 0 Å². The Morgan fingerprint density at radius 2 is 1.50 bits per heavy atom. The molecule has 16 heavy (non-hydrogen) atoms. The second-order valence-electron chi connectivity index (χ2n) is 4.87. The van der Waals surface area contributed by atoms with E-state index in [1.54, 1.807) is 0 Å². The van der Waals surface area contributed by atoms with E-state index in [2.05, 4.69) is 32.6 Å². The summed E-state index contributed by atoms with van der Waals surface area (Å²) in [5, 5.41) is 0. The Hall–Kier alpha value is -0.0800. The number of rotatable bonds is 10. The molecule has 0 aliphatic rings. The molecule has 1 atom stereocenters. The van der Waals surface area contributed by atoms with Crippen molar-refractivity contribution in [2.45, 2.75) is 71.8 Å². The Bertz CT molecular complexity index is 147. The van der Waals surface area contributed by atoms with Gasteiger partial charge in [-0.25, -0.2) is 0 Å². The first-order valence-corrected chi connectivity index (χ1v) is 7.15. The Labute approximate surface area is 103 Å². The Balaban J connectivity index is 4.63. The van der Waals surface area contributed by atoms with Crippen molar-refractivity contribution in [2.75, 3.05) is 19.6 Å². The monoisotopic (exact) mass is 228 g/mol. The van der Waals surface area contributed by atoms with Crippen molar-refractivity contribution in [1.82, 2.24) is 4.90 Å². The van der Waals surface area contributed by atoms with Crippen molar-refractivity contribution in [1.29, 1.82) is 0 Å². The van der Waals surface area contributed by atoms with Crippen LogP contribution in [-0.2, 0) is 0 Å². The predicted octanol–water partition coefficient (Wildman–Crippen LogP) is 3.41. The summed E-state index contributed by atoms with van der Waals surface area (Å²) in [6.45, 7) is 12.3. The third-order valence-electron chi connectivity index (χ3n) is 3.69. The van der Waals surface area contributed by atoms with Crippen LogP contribution in [0.3, 0.4) is 0 Å². The predicted molar refractivity (Wildman–Crippen MR) is 73.8 cm³/mol. The van der Waals surface area contributed by atoms with Gasteiger partial charge in [0.1, 0.15) is 0 Å². The largest absolute Gasteiger partial charge is 0.329 e. The molecule has 2 nitrogen and oxygen atoms in total. The van der Waals surface area contributed by atoms with E-state index in [0.29, 0.717) is 0 Å². The van der Waals surface area contributed by atoms with Crippen molar-refractivity contribution in [3.05, 3.63) is 0 Å². The Morgan fingerprint density at radius 1 is 0.938 bits per heavy atom. The summed E-state index contributed by atoms with van der Waals surface area (Å²) in [6.07, 6.45) is 7.48. The summed E-state index contributed by atoms with van der Waals surface area (Å²) in [5.41, 5.74) is 6.34. The fourth-order valence-electron chi connectivity index (χ4n) is 2.57. The number of unbranched alkanes of at least 4 members (excludes halogenated alkanes) is 1. The maximum Gasteiger partial charge on any atom is 0.0329 e. The van der Waals surface area contributed by atoms with Gasteiger partial charge >= 0.3 is 0 Å². The highest BCUT2D eigenvalue weighted by Crippen LogP contribution is 2.26. The molecule has 0 bridgehead atoms. The van der Waals surface area contributed by atoms with E-state index < -0.39 is 0 Å². The number of hydrogen-bond acceptors (Lipinski definition) is 2. The fraction of sp³-hybridized carbons (Fsp3) is 1.00. The number of nitrogens with zero attached hydrogens (tertiary/aromatic N) is 1. The minimum atomic E-state index is 0.266. The van der Waals surface area contributed by atoms with Crippen molar-refractivity contribution < 1.29 is 0 Å². The SMILES string of the molecule is CCCCC(CC)(CN)N(CCC)CCC. The van der Waals surface area contributed by atoms with Gasteiger partial charge in [0.2, 0.25) is 0 Å². The van der Waals surface area contributed by atoms with Crippen molar-refractivity contribution in [3.63, 3.8) is 0 Å². The molecule has 0 saturated carbocycles. The molecule has 0 radical (unpaired) electrons. The molecule has 0 spiro atoms. The topological polar surface area (TPSA) is 29.3 Å². The van der Waals surface area contributed by atoms with Crippen molar-refractivity contribution >= 4 is 0 Å². The van der Waals surface area contributed by atoms with Crippen molar-refractivity contribution in [3.8, 4) is 0 Å². The first-order chi connectivity index (χ1) is 7.70. The van der Waals surface area contributed by atoms with E-state index in [9.17, 15) is 0 Å². The van der Waals surface area contributed by atoms with Gasteiger partial charge in [0.15, 0.2) is 0 Å². The van der Waals surface area contributed by atoms with Crippen LogP contribution in [0.1, 0.15) is 66.2 Å². The van der Waals surface area contributed by atoms with Gasteiger partial charge in [-0.1, -0.05) is 40.5 Å². The second-order valence-corrected chi connectivity index (χ2v) is 4.87. The summed E-state index contributed by atoms with van der Waals surface area (Å²) in [4.78, 5) is 2.64. The fourth-order valence-corrected chi connectivity index (χ4v) is 2.57. The molecule has 0 amide bonds. The Morgan fingerprint density at radius 3 is 1.81 bits per heavy atom. The summed E-state index contributed by atoms with van der Waals surface area (Å²) in [5.74, 6) is 0. The highest BCUT2D eigenvalue weighted by atomic mass is 15.2. The van der Waals surface area contributed by atoms with Crippen LogP contribution in [0.5, 0.6) is 0 Å². The second kappa shape index (κ2) is 9.00. The first-order valence-electron chi connectivity index (χ1n) is 7.15. The normalized spacial score (nSPS) is 15.4. The maximum absolute atomic E-state index is 6.08. The molecule has 0 aliphatic heterocycles. The zero-order chi connectivity index (χ0) is 12.4. The van der Waals surface area contributed by atoms with Crippen LogP contribution in [0.15, 0.2) is 0 Å². The third-order valence-corrected chi connectivity index (χ3v) is 3.69. The van der Waals surface area contributed by atoms with Crippen LogP contribution in [0.2, 0.25) is 0 Å². The maximum atomic E-state index is 6.08. The van der Waals surface area contributed by atoms with Gasteiger partial charge in [0.05, 0.1) is 0 Å². The van der Waals surface area contributed by atoms with Gasteiger partial charge in [-0.05, 0) is 38.8 Å². The minimum absolute atomic E-state index is 0.266. The van der Waals surface area contributed by atoms with Gasteiger partial charge in [0.25, 0.3) is 0 Å². The van der Waals surface area contributed by atoms with Crippen LogP contribution >= 0.6 is 0 Å². The molecule has 98 valence electrons. The van der Waals surface area contributed by atoms with E-state index in [4.69, 9.17) is 5.73 Å². The van der Waals surface area contributed by atoms with Crippen LogP contribution in [0, 0.1) is 0 Å². The van der Waals surface area contributed by atoms with Gasteiger partial charge in [0, 0.05) is 12.1 Å². The van der Waals surface area contributed by atoms with E-state index in [-0.39, 0.29) is 5.54 Å². The molecule has 0 saturated heterocycles. The lowest BCUT2D eigenvalue weighted by atomic mass is 9.87. The lowest BCUT2D eigenvalue weighted by Crippen LogP contribution is -2.54. The quantitative estimate of drug-likeness (QED) is 0.621. The van der Waals surface area contributed by atoms with E-state index in [0.717, 1.165) is 6.54 Å². The molecule has 0 rings (SSSR count). The van der Waals surface area contributed by atoms with Crippen molar-refractivity contribution in [2.24, 2.45) is 5.73 Å². The van der Waals surface area contributed by atoms with Gasteiger partial charge in [-0.3, -0.25) is 4.90 Å². The Kier molecular flexibility index (Phi) is 8.96. The summed E-state index contributed by atoms with van der Waals surface area (Å²) < 4.78 is 0. The smallest absolute Gasteiger partial charge is 0.0329 e. The average Bonchev–Trinajstić information content (AvgIpc) is 2.31.